The first-order chi connectivity index (χ1) is 18.9. The zero-order valence-electron chi connectivity index (χ0n) is 22.8. The highest BCUT2D eigenvalue weighted by Crippen LogP contribution is 2.71. The summed E-state index contributed by atoms with van der Waals surface area (Å²) in [6, 6.07) is 2.44. The lowest BCUT2D eigenvalue weighted by Gasteiger charge is -2.33. The fourth-order valence-electron chi connectivity index (χ4n) is 6.75. The molecule has 3 aromatic rings. The molecule has 210 valence electrons. The predicted molar refractivity (Wildman–Crippen MR) is 147 cm³/mol. The van der Waals surface area contributed by atoms with Gasteiger partial charge in [-0.1, -0.05) is 50.6 Å². The third-order valence-electron chi connectivity index (χ3n) is 9.31. The Morgan fingerprint density at radius 3 is 2.52 bits per heavy atom. The molecule has 6 rings (SSSR count). The molecule has 8 nitrogen and oxygen atoms in total. The van der Waals surface area contributed by atoms with Crippen LogP contribution in [0.1, 0.15) is 52.5 Å². The SMILES string of the molecule is C[C@@H](Nc1c(-c2c(F)cc(C#C[C@@H]3[C@@H]4CN(C(=O)O)C[C@]34C(C)(C)C)cc2F)c(Cl)nc2ncnn12)C1CCC1. The highest BCUT2D eigenvalue weighted by Gasteiger charge is 2.73. The molecule has 2 saturated carbocycles. The van der Waals surface area contributed by atoms with Crippen molar-refractivity contribution in [3.63, 3.8) is 0 Å². The van der Waals surface area contributed by atoms with E-state index in [9.17, 15) is 9.90 Å². The molecule has 40 heavy (non-hydrogen) atoms. The first-order valence-electron chi connectivity index (χ1n) is 13.6. The number of carbonyl (C=O) groups is 1. The molecule has 2 aromatic heterocycles. The molecule has 1 aliphatic heterocycles. The zero-order valence-corrected chi connectivity index (χ0v) is 23.6. The maximum Gasteiger partial charge on any atom is 0.407 e. The molecule has 3 fully saturated rings. The van der Waals surface area contributed by atoms with Gasteiger partial charge in [0.05, 0.1) is 11.1 Å². The molecule has 0 radical (unpaired) electrons. The lowest BCUT2D eigenvalue weighted by atomic mass is 9.75. The van der Waals surface area contributed by atoms with Gasteiger partial charge in [-0.15, -0.1) is 0 Å². The minimum absolute atomic E-state index is 0.0276. The molecule has 0 spiro atoms. The van der Waals surface area contributed by atoms with E-state index >= 15 is 8.78 Å². The van der Waals surface area contributed by atoms with Crippen molar-refractivity contribution >= 4 is 29.3 Å². The Labute approximate surface area is 236 Å². The Balaban J connectivity index is 1.35. The Kier molecular flexibility index (Phi) is 6.22. The number of piperidine rings is 1. The number of anilines is 1. The van der Waals surface area contributed by atoms with Crippen molar-refractivity contribution in [1.82, 2.24) is 24.5 Å². The van der Waals surface area contributed by atoms with E-state index in [1.54, 1.807) is 0 Å². The van der Waals surface area contributed by atoms with Crippen LogP contribution in [0.5, 0.6) is 0 Å². The molecule has 0 unspecified atom stereocenters. The third kappa shape index (κ3) is 4.09. The van der Waals surface area contributed by atoms with E-state index in [1.807, 2.05) is 6.92 Å². The first-order valence-corrected chi connectivity index (χ1v) is 13.9. The van der Waals surface area contributed by atoms with Crippen LogP contribution in [0.3, 0.4) is 0 Å². The first kappa shape index (κ1) is 26.8. The van der Waals surface area contributed by atoms with Crippen LogP contribution in [0.15, 0.2) is 18.5 Å². The van der Waals surface area contributed by atoms with Crippen LogP contribution in [0, 0.1) is 52.1 Å². The summed E-state index contributed by atoms with van der Waals surface area (Å²) in [5.74, 6) is 5.60. The molecule has 0 bridgehead atoms. The van der Waals surface area contributed by atoms with Crippen molar-refractivity contribution in [1.29, 1.82) is 0 Å². The van der Waals surface area contributed by atoms with E-state index in [2.05, 4.69) is 53.0 Å². The van der Waals surface area contributed by atoms with Crippen molar-refractivity contribution in [3.8, 4) is 23.0 Å². The zero-order chi connectivity index (χ0) is 28.6. The maximum absolute atomic E-state index is 15.7. The number of likely N-dealkylation sites (tertiary alicyclic amines) is 1. The van der Waals surface area contributed by atoms with E-state index < -0.39 is 17.7 Å². The Bertz CT molecular complexity index is 1560. The van der Waals surface area contributed by atoms with Gasteiger partial charge >= 0.3 is 6.09 Å². The van der Waals surface area contributed by atoms with Crippen LogP contribution < -0.4 is 5.32 Å². The average molecular weight is 569 g/mol. The number of nitrogens with zero attached hydrogens (tertiary/aromatic N) is 5. The summed E-state index contributed by atoms with van der Waals surface area (Å²) in [7, 11) is 0. The van der Waals surface area contributed by atoms with Gasteiger partial charge in [0.15, 0.2) is 0 Å². The molecule has 4 atom stereocenters. The van der Waals surface area contributed by atoms with Gasteiger partial charge in [0.1, 0.15) is 28.9 Å². The van der Waals surface area contributed by atoms with Gasteiger partial charge in [-0.2, -0.15) is 19.6 Å². The molecular formula is C29H31ClF2N6O2. The van der Waals surface area contributed by atoms with E-state index in [0.29, 0.717) is 24.8 Å². The summed E-state index contributed by atoms with van der Waals surface area (Å²) in [4.78, 5) is 21.3. The second kappa shape index (κ2) is 9.30. The number of amides is 1. The highest BCUT2D eigenvalue weighted by atomic mass is 35.5. The summed E-state index contributed by atoms with van der Waals surface area (Å²) < 4.78 is 32.8. The second-order valence-corrected chi connectivity index (χ2v) is 12.7. The Morgan fingerprint density at radius 2 is 1.95 bits per heavy atom. The predicted octanol–water partition coefficient (Wildman–Crippen LogP) is 5.95. The van der Waals surface area contributed by atoms with Gasteiger partial charge in [0, 0.05) is 41.9 Å². The summed E-state index contributed by atoms with van der Waals surface area (Å²) in [5.41, 5.74) is -0.482. The number of hydrogen-bond donors (Lipinski definition) is 2. The van der Waals surface area contributed by atoms with Crippen LogP contribution in [-0.2, 0) is 0 Å². The number of fused-ring (bicyclic) bond motifs is 2. The van der Waals surface area contributed by atoms with E-state index in [1.165, 1.54) is 27.9 Å². The van der Waals surface area contributed by atoms with Crippen molar-refractivity contribution in [2.75, 3.05) is 18.4 Å². The molecule has 1 aromatic carbocycles. The number of hydrogen-bond acceptors (Lipinski definition) is 5. The number of carboxylic acid groups (broad SMARTS) is 1. The number of aromatic nitrogens is 4. The van der Waals surface area contributed by atoms with Gasteiger partial charge in [-0.25, -0.2) is 13.6 Å². The molecule has 1 amide bonds. The molecule has 3 aliphatic rings. The molecule has 11 heteroatoms. The Hall–Kier alpha value is -3.45. The van der Waals surface area contributed by atoms with E-state index in [-0.39, 0.29) is 56.3 Å². The normalized spacial score (nSPS) is 24.7. The van der Waals surface area contributed by atoms with E-state index in [4.69, 9.17) is 11.6 Å². The quantitative estimate of drug-likeness (QED) is 0.298. The van der Waals surface area contributed by atoms with Crippen LogP contribution >= 0.6 is 11.6 Å². The lowest BCUT2D eigenvalue weighted by molar-refractivity contribution is 0.128. The Morgan fingerprint density at radius 1 is 1.25 bits per heavy atom. The smallest absolute Gasteiger partial charge is 0.407 e. The summed E-state index contributed by atoms with van der Waals surface area (Å²) in [5, 5.41) is 17.0. The number of halogens is 3. The minimum Gasteiger partial charge on any atom is -0.465 e. The molecule has 3 heterocycles. The fraction of sp³-hybridized carbons (Fsp3) is 0.517. The summed E-state index contributed by atoms with van der Waals surface area (Å²) in [6.07, 6.45) is 3.69. The van der Waals surface area contributed by atoms with Gasteiger partial charge in [0.2, 0.25) is 0 Å². The second-order valence-electron chi connectivity index (χ2n) is 12.3. The largest absolute Gasteiger partial charge is 0.465 e. The third-order valence-corrected chi connectivity index (χ3v) is 9.59. The summed E-state index contributed by atoms with van der Waals surface area (Å²) >= 11 is 6.51. The molecule has 2 aliphatic carbocycles. The van der Waals surface area contributed by atoms with Crippen LogP contribution in [0.4, 0.5) is 19.4 Å². The summed E-state index contributed by atoms with van der Waals surface area (Å²) in [6.45, 7) is 9.11. The van der Waals surface area contributed by atoms with Gasteiger partial charge in [-0.05, 0) is 43.2 Å². The van der Waals surface area contributed by atoms with E-state index in [0.717, 1.165) is 19.3 Å². The lowest BCUT2D eigenvalue weighted by Crippen LogP contribution is -2.36. The van der Waals surface area contributed by atoms with Crippen molar-refractivity contribution in [2.45, 2.75) is 53.0 Å². The topological polar surface area (TPSA) is 95.7 Å². The van der Waals surface area contributed by atoms with Crippen molar-refractivity contribution < 1.29 is 18.7 Å². The highest BCUT2D eigenvalue weighted by molar-refractivity contribution is 6.33. The maximum atomic E-state index is 15.7. The van der Waals surface area contributed by atoms with Gasteiger partial charge in [0.25, 0.3) is 5.78 Å². The number of benzene rings is 1. The molecule has 2 N–H and O–H groups in total. The molecular weight excluding hydrogens is 538 g/mol. The van der Waals surface area contributed by atoms with Crippen LogP contribution in [0.2, 0.25) is 5.15 Å². The molecule has 1 saturated heterocycles. The standard InChI is InChI=1S/C29H31ClF2N6O2/c1-15(17-6-5-7-17)35-25-23(24(30)36-26-33-14-34-38(25)26)22-20(31)10-16(11-21(22)32)8-9-18-19-12-37(27(39)40)13-29(18,19)28(2,3)4/h10-11,14-15,17-19,35H,5-7,12-13H2,1-4H3,(H,39,40)/t15-,18-,19+,29+/m1/s1. The van der Waals surface area contributed by atoms with Crippen LogP contribution in [-0.4, -0.2) is 54.8 Å². The van der Waals surface area contributed by atoms with Gasteiger partial charge < -0.3 is 15.3 Å². The monoisotopic (exact) mass is 568 g/mol. The minimum atomic E-state index is -0.935. The van der Waals surface area contributed by atoms with Crippen molar-refractivity contribution in [2.24, 2.45) is 28.6 Å². The number of rotatable bonds is 4. The fourth-order valence-corrected chi connectivity index (χ4v) is 7.00. The van der Waals surface area contributed by atoms with Gasteiger partial charge in [-0.3, -0.25) is 0 Å². The van der Waals surface area contributed by atoms with Crippen LogP contribution in [0.25, 0.3) is 16.9 Å². The van der Waals surface area contributed by atoms with Crippen molar-refractivity contribution in [3.05, 3.63) is 40.8 Å². The number of nitrogens with one attached hydrogen (secondary N) is 1. The average Bonchev–Trinajstić information content (AvgIpc) is 3.14.